The minimum Gasteiger partial charge on any atom is -0.507 e. The van der Waals surface area contributed by atoms with Crippen LogP contribution >= 0.6 is 22.9 Å². The number of hydrogen-bond donors (Lipinski definition) is 1. The van der Waals surface area contributed by atoms with Crippen molar-refractivity contribution in [3.05, 3.63) is 99.1 Å². The van der Waals surface area contributed by atoms with Gasteiger partial charge in [-0.2, -0.15) is 0 Å². The molecule has 0 spiro atoms. The summed E-state index contributed by atoms with van der Waals surface area (Å²) in [5, 5.41) is 12.2. The number of nitrogens with zero attached hydrogens (tertiary/aromatic N) is 2. The minimum atomic E-state index is -0.827. The number of ketones is 1. The molecule has 1 fully saturated rings. The number of thiazole rings is 1. The number of amides is 1. The second-order valence-corrected chi connectivity index (χ2v) is 11.9. The summed E-state index contributed by atoms with van der Waals surface area (Å²) in [6.45, 7) is 10.4. The van der Waals surface area contributed by atoms with Crippen molar-refractivity contribution >= 4 is 55.7 Å². The molecule has 3 aromatic carbocycles. The summed E-state index contributed by atoms with van der Waals surface area (Å²) in [7, 11) is 0. The van der Waals surface area contributed by atoms with Gasteiger partial charge in [0.1, 0.15) is 5.76 Å². The Morgan fingerprint density at radius 2 is 1.65 bits per heavy atom. The molecule has 7 heteroatoms. The fourth-order valence-corrected chi connectivity index (χ4v) is 6.03. The van der Waals surface area contributed by atoms with Crippen molar-refractivity contribution in [2.24, 2.45) is 0 Å². The van der Waals surface area contributed by atoms with Crippen LogP contribution in [-0.4, -0.2) is 21.8 Å². The number of rotatable bonds is 3. The molecule has 37 heavy (non-hydrogen) atoms. The van der Waals surface area contributed by atoms with Crippen LogP contribution in [0.4, 0.5) is 5.13 Å². The summed E-state index contributed by atoms with van der Waals surface area (Å²) in [6, 6.07) is 17.6. The van der Waals surface area contributed by atoms with E-state index in [-0.39, 0.29) is 16.7 Å². The average molecular weight is 531 g/mol. The topological polar surface area (TPSA) is 70.5 Å². The van der Waals surface area contributed by atoms with Crippen LogP contribution in [0.3, 0.4) is 0 Å². The van der Waals surface area contributed by atoms with Crippen LogP contribution in [0.25, 0.3) is 16.0 Å². The van der Waals surface area contributed by atoms with Crippen molar-refractivity contribution in [1.82, 2.24) is 4.98 Å². The van der Waals surface area contributed by atoms with Gasteiger partial charge in [-0.05, 0) is 71.8 Å². The van der Waals surface area contributed by atoms with E-state index in [0.717, 1.165) is 32.5 Å². The van der Waals surface area contributed by atoms with Gasteiger partial charge in [0.25, 0.3) is 5.78 Å². The summed E-state index contributed by atoms with van der Waals surface area (Å²) < 4.78 is 0.939. The summed E-state index contributed by atoms with van der Waals surface area (Å²) in [5.74, 6) is -1.70. The Balaban J connectivity index is 1.73. The van der Waals surface area contributed by atoms with Gasteiger partial charge >= 0.3 is 5.91 Å². The van der Waals surface area contributed by atoms with E-state index in [2.05, 4.69) is 20.8 Å². The highest BCUT2D eigenvalue weighted by molar-refractivity contribution is 7.22. The molecular weight excluding hydrogens is 504 g/mol. The number of fused-ring (bicyclic) bond motifs is 1. The smallest absolute Gasteiger partial charge is 0.301 e. The number of aromatic nitrogens is 1. The maximum atomic E-state index is 13.5. The quantitative estimate of drug-likeness (QED) is 0.169. The summed E-state index contributed by atoms with van der Waals surface area (Å²) >= 11 is 7.40. The van der Waals surface area contributed by atoms with Gasteiger partial charge in [-0.1, -0.05) is 74.0 Å². The molecule has 1 N–H and O–H groups in total. The molecule has 5 nitrogen and oxygen atoms in total. The predicted octanol–water partition coefficient (Wildman–Crippen LogP) is 7.49. The summed E-state index contributed by atoms with van der Waals surface area (Å²) in [6.07, 6.45) is 0. The highest BCUT2D eigenvalue weighted by atomic mass is 35.5. The summed E-state index contributed by atoms with van der Waals surface area (Å²) in [4.78, 5) is 33.2. The molecule has 1 saturated heterocycles. The Morgan fingerprint density at radius 1 is 1.00 bits per heavy atom. The largest absolute Gasteiger partial charge is 0.507 e. The molecule has 1 aromatic heterocycles. The van der Waals surface area contributed by atoms with E-state index >= 15 is 0 Å². The fourth-order valence-electron chi connectivity index (χ4n) is 4.74. The molecule has 1 atom stereocenters. The zero-order valence-electron chi connectivity index (χ0n) is 21.3. The standard InChI is InChI=1S/C30H27ClN2O3S/c1-16-14-17(2)24-22(15-16)37-29(32-24)33-25(18-6-10-20(11-7-18)30(3,4)5)23(27(35)28(33)36)26(34)19-8-12-21(31)13-9-19/h6-15,25,34H,1-5H3. The van der Waals surface area contributed by atoms with Gasteiger partial charge < -0.3 is 5.11 Å². The molecule has 188 valence electrons. The van der Waals surface area contributed by atoms with Crippen LogP contribution in [-0.2, 0) is 15.0 Å². The molecule has 2 heterocycles. The number of anilines is 1. The molecule has 1 aliphatic rings. The van der Waals surface area contributed by atoms with Gasteiger partial charge in [0.15, 0.2) is 5.13 Å². The number of Topliss-reactive ketones (excluding diaryl/α,β-unsaturated/α-hetero) is 1. The van der Waals surface area contributed by atoms with Crippen molar-refractivity contribution in [2.45, 2.75) is 46.1 Å². The van der Waals surface area contributed by atoms with Crippen molar-refractivity contribution in [3.8, 4) is 0 Å². The molecule has 1 amide bonds. The molecule has 0 aliphatic carbocycles. The lowest BCUT2D eigenvalue weighted by Gasteiger charge is -2.24. The Hall–Kier alpha value is -3.48. The Morgan fingerprint density at radius 3 is 2.27 bits per heavy atom. The van der Waals surface area contributed by atoms with Crippen LogP contribution < -0.4 is 4.90 Å². The lowest BCUT2D eigenvalue weighted by Crippen LogP contribution is -2.29. The first-order valence-corrected chi connectivity index (χ1v) is 13.2. The Bertz CT molecular complexity index is 1580. The highest BCUT2D eigenvalue weighted by Crippen LogP contribution is 2.45. The number of aryl methyl sites for hydroxylation is 2. The second-order valence-electron chi connectivity index (χ2n) is 10.5. The molecule has 1 unspecified atom stereocenters. The first kappa shape index (κ1) is 25.2. The van der Waals surface area contributed by atoms with E-state index < -0.39 is 17.7 Å². The second kappa shape index (κ2) is 9.12. The monoisotopic (exact) mass is 530 g/mol. The molecular formula is C30H27ClN2O3S. The van der Waals surface area contributed by atoms with E-state index in [9.17, 15) is 14.7 Å². The molecule has 1 aliphatic heterocycles. The SMILES string of the molecule is Cc1cc(C)c2nc(N3C(=O)C(=O)C(=C(O)c4ccc(Cl)cc4)C3c3ccc(C(C)(C)C)cc3)sc2c1. The average Bonchev–Trinajstić information content (AvgIpc) is 3.37. The third-order valence-corrected chi connectivity index (χ3v) is 7.93. The number of carbonyl (C=O) groups is 2. The van der Waals surface area contributed by atoms with E-state index in [0.29, 0.717) is 15.7 Å². The number of carbonyl (C=O) groups excluding carboxylic acids is 2. The molecule has 4 aromatic rings. The molecule has 0 radical (unpaired) electrons. The number of aliphatic hydroxyl groups is 1. The van der Waals surface area contributed by atoms with E-state index in [1.54, 1.807) is 24.3 Å². The highest BCUT2D eigenvalue weighted by Gasteiger charge is 2.48. The first-order chi connectivity index (χ1) is 17.5. The molecule has 0 bridgehead atoms. The number of halogens is 1. The maximum absolute atomic E-state index is 13.5. The maximum Gasteiger partial charge on any atom is 0.301 e. The Kier molecular flexibility index (Phi) is 6.21. The van der Waals surface area contributed by atoms with Crippen molar-refractivity contribution < 1.29 is 14.7 Å². The molecule has 5 rings (SSSR count). The minimum absolute atomic E-state index is 0.0305. The van der Waals surface area contributed by atoms with Gasteiger partial charge in [-0.15, -0.1) is 0 Å². The lowest BCUT2D eigenvalue weighted by molar-refractivity contribution is -0.132. The lowest BCUT2D eigenvalue weighted by atomic mass is 9.85. The van der Waals surface area contributed by atoms with E-state index in [1.165, 1.54) is 16.2 Å². The third kappa shape index (κ3) is 4.45. The van der Waals surface area contributed by atoms with E-state index in [4.69, 9.17) is 16.6 Å². The normalized spacial score (nSPS) is 17.7. The first-order valence-electron chi connectivity index (χ1n) is 12.0. The van der Waals surface area contributed by atoms with Crippen LogP contribution in [0.5, 0.6) is 0 Å². The third-order valence-electron chi connectivity index (χ3n) is 6.68. The Labute approximate surface area is 225 Å². The van der Waals surface area contributed by atoms with Gasteiger partial charge in [0.05, 0.1) is 21.8 Å². The van der Waals surface area contributed by atoms with Crippen LogP contribution in [0.2, 0.25) is 5.02 Å². The number of hydrogen-bond acceptors (Lipinski definition) is 5. The predicted molar refractivity (Wildman–Crippen MR) is 150 cm³/mol. The zero-order valence-corrected chi connectivity index (χ0v) is 22.9. The van der Waals surface area contributed by atoms with Crippen molar-refractivity contribution in [3.63, 3.8) is 0 Å². The van der Waals surface area contributed by atoms with Crippen LogP contribution in [0.15, 0.2) is 66.2 Å². The van der Waals surface area contributed by atoms with Crippen molar-refractivity contribution in [1.29, 1.82) is 0 Å². The van der Waals surface area contributed by atoms with Crippen LogP contribution in [0.1, 0.15) is 54.6 Å². The fraction of sp³-hybridized carbons (Fsp3) is 0.233. The molecule has 0 saturated carbocycles. The van der Waals surface area contributed by atoms with E-state index in [1.807, 2.05) is 50.2 Å². The van der Waals surface area contributed by atoms with Gasteiger partial charge in [-0.25, -0.2) is 4.98 Å². The van der Waals surface area contributed by atoms with Crippen LogP contribution in [0, 0.1) is 13.8 Å². The summed E-state index contributed by atoms with van der Waals surface area (Å²) in [5.41, 5.74) is 5.11. The van der Waals surface area contributed by atoms with Gasteiger partial charge in [-0.3, -0.25) is 14.5 Å². The zero-order chi connectivity index (χ0) is 26.6. The number of benzene rings is 3. The van der Waals surface area contributed by atoms with Gasteiger partial charge in [0, 0.05) is 10.6 Å². The van der Waals surface area contributed by atoms with Crippen molar-refractivity contribution in [2.75, 3.05) is 4.90 Å². The number of aliphatic hydroxyl groups excluding tert-OH is 1. The van der Waals surface area contributed by atoms with Gasteiger partial charge in [0.2, 0.25) is 0 Å².